The van der Waals surface area contributed by atoms with Crippen LogP contribution in [-0.4, -0.2) is 65.4 Å². The van der Waals surface area contributed by atoms with Crippen molar-refractivity contribution in [3.8, 4) is 22.6 Å². The van der Waals surface area contributed by atoms with Crippen LogP contribution < -0.4 is 15.6 Å². The zero-order valence-corrected chi connectivity index (χ0v) is 21.5. The van der Waals surface area contributed by atoms with Gasteiger partial charge in [0.05, 0.1) is 25.7 Å². The van der Waals surface area contributed by atoms with Gasteiger partial charge in [-0.2, -0.15) is 0 Å². The third-order valence-corrected chi connectivity index (χ3v) is 6.83. The maximum atomic E-state index is 13.6. The van der Waals surface area contributed by atoms with E-state index in [1.807, 2.05) is 24.3 Å². The van der Waals surface area contributed by atoms with E-state index in [9.17, 15) is 19.1 Å². The van der Waals surface area contributed by atoms with E-state index in [-0.39, 0.29) is 35.5 Å². The van der Waals surface area contributed by atoms with Crippen LogP contribution in [-0.2, 0) is 17.8 Å². The number of carbonyl (C=O) groups is 1. The standard InChI is InChI=1S/C29H29FN4O5/c1-38-23-8-4-20(5-9-23)21-16-24-26(35)25(28(36)32-17-19-2-6-22(30)7-3-19)29(37)34(27(24)31-18-21)11-10-33-12-14-39-15-13-33/h2-9,16,18,35H,10-15,17H2,1H3,(H,32,36). The fraction of sp³-hybridized carbons (Fsp3) is 0.276. The summed E-state index contributed by atoms with van der Waals surface area (Å²) in [5.74, 6) is -0.844. The molecule has 0 unspecified atom stereocenters. The van der Waals surface area contributed by atoms with Crippen LogP contribution in [0.1, 0.15) is 15.9 Å². The van der Waals surface area contributed by atoms with E-state index in [4.69, 9.17) is 9.47 Å². The number of methoxy groups -OCH3 is 1. The van der Waals surface area contributed by atoms with Gasteiger partial charge in [0.25, 0.3) is 11.5 Å². The Morgan fingerprint density at radius 2 is 1.79 bits per heavy atom. The molecule has 1 aliphatic heterocycles. The lowest BCUT2D eigenvalue weighted by molar-refractivity contribution is 0.0364. The molecule has 202 valence electrons. The number of morpholine rings is 1. The van der Waals surface area contributed by atoms with Gasteiger partial charge < -0.3 is 19.9 Å². The third-order valence-electron chi connectivity index (χ3n) is 6.83. The monoisotopic (exact) mass is 532 g/mol. The van der Waals surface area contributed by atoms with Crippen molar-refractivity contribution >= 4 is 16.9 Å². The number of hydrogen-bond acceptors (Lipinski definition) is 7. The summed E-state index contributed by atoms with van der Waals surface area (Å²) >= 11 is 0. The number of pyridine rings is 2. The Kier molecular flexibility index (Phi) is 7.85. The van der Waals surface area contributed by atoms with E-state index in [2.05, 4.69) is 15.2 Å². The Morgan fingerprint density at radius 1 is 1.08 bits per heavy atom. The molecule has 3 heterocycles. The number of ether oxygens (including phenoxy) is 2. The molecule has 39 heavy (non-hydrogen) atoms. The van der Waals surface area contributed by atoms with Gasteiger partial charge in [-0.05, 0) is 41.5 Å². The van der Waals surface area contributed by atoms with Gasteiger partial charge in [0, 0.05) is 44.5 Å². The molecule has 2 aromatic heterocycles. The molecule has 4 aromatic rings. The number of benzene rings is 2. The highest BCUT2D eigenvalue weighted by Gasteiger charge is 2.24. The van der Waals surface area contributed by atoms with Gasteiger partial charge in [0.2, 0.25) is 0 Å². The highest BCUT2D eigenvalue weighted by atomic mass is 19.1. The minimum atomic E-state index is -0.723. The topological polar surface area (TPSA) is 106 Å². The number of nitrogens with zero attached hydrogens (tertiary/aromatic N) is 3. The molecule has 5 rings (SSSR count). The predicted octanol–water partition coefficient (Wildman–Crippen LogP) is 3.18. The second-order valence-corrected chi connectivity index (χ2v) is 9.27. The van der Waals surface area contributed by atoms with Crippen molar-refractivity contribution < 1.29 is 23.8 Å². The van der Waals surface area contributed by atoms with Crippen LogP contribution in [0.25, 0.3) is 22.2 Å². The first kappa shape index (κ1) is 26.3. The smallest absolute Gasteiger partial charge is 0.268 e. The molecule has 0 saturated carbocycles. The molecule has 1 saturated heterocycles. The van der Waals surface area contributed by atoms with Gasteiger partial charge in [0.15, 0.2) is 0 Å². The van der Waals surface area contributed by atoms with Crippen molar-refractivity contribution in [1.29, 1.82) is 0 Å². The minimum Gasteiger partial charge on any atom is -0.506 e. The van der Waals surface area contributed by atoms with E-state index in [0.717, 1.165) is 18.7 Å². The van der Waals surface area contributed by atoms with Crippen LogP contribution in [0.4, 0.5) is 4.39 Å². The second kappa shape index (κ2) is 11.6. The number of amides is 1. The molecule has 0 radical (unpaired) electrons. The first-order chi connectivity index (χ1) is 18.9. The van der Waals surface area contributed by atoms with Crippen molar-refractivity contribution in [2.75, 3.05) is 40.0 Å². The van der Waals surface area contributed by atoms with E-state index < -0.39 is 17.2 Å². The first-order valence-electron chi connectivity index (χ1n) is 12.7. The third kappa shape index (κ3) is 5.76. The van der Waals surface area contributed by atoms with Crippen LogP contribution >= 0.6 is 0 Å². The predicted molar refractivity (Wildman–Crippen MR) is 144 cm³/mol. The van der Waals surface area contributed by atoms with Crippen LogP contribution in [0.2, 0.25) is 0 Å². The lowest BCUT2D eigenvalue weighted by Crippen LogP contribution is -2.40. The lowest BCUT2D eigenvalue weighted by Gasteiger charge is -2.27. The molecule has 1 aliphatic rings. The molecule has 0 atom stereocenters. The Hall–Kier alpha value is -4.28. The minimum absolute atomic E-state index is 0.0634. The van der Waals surface area contributed by atoms with E-state index in [0.29, 0.717) is 36.6 Å². The molecule has 1 amide bonds. The van der Waals surface area contributed by atoms with Gasteiger partial charge in [-0.1, -0.05) is 24.3 Å². The number of fused-ring (bicyclic) bond motifs is 1. The summed E-state index contributed by atoms with van der Waals surface area (Å²) < 4.78 is 25.4. The summed E-state index contributed by atoms with van der Waals surface area (Å²) in [7, 11) is 1.59. The van der Waals surface area contributed by atoms with Crippen molar-refractivity contribution in [2.45, 2.75) is 13.1 Å². The summed E-state index contributed by atoms with van der Waals surface area (Å²) in [5.41, 5.74) is 1.49. The zero-order chi connectivity index (χ0) is 27.4. The number of rotatable bonds is 8. The maximum Gasteiger partial charge on any atom is 0.268 e. The van der Waals surface area contributed by atoms with Gasteiger partial charge in [-0.3, -0.25) is 19.1 Å². The van der Waals surface area contributed by atoms with Crippen LogP contribution in [0.15, 0.2) is 65.6 Å². The van der Waals surface area contributed by atoms with Crippen LogP contribution in [0.5, 0.6) is 11.5 Å². The van der Waals surface area contributed by atoms with Gasteiger partial charge in [-0.25, -0.2) is 9.37 Å². The van der Waals surface area contributed by atoms with Gasteiger partial charge in [-0.15, -0.1) is 0 Å². The quantitative estimate of drug-likeness (QED) is 0.359. The summed E-state index contributed by atoms with van der Waals surface area (Å²) in [5, 5.41) is 14.2. The summed E-state index contributed by atoms with van der Waals surface area (Å²) in [6, 6.07) is 14.8. The Morgan fingerprint density at radius 3 is 2.49 bits per heavy atom. The number of halogens is 1. The summed E-state index contributed by atoms with van der Waals surface area (Å²) in [6.07, 6.45) is 1.64. The summed E-state index contributed by atoms with van der Waals surface area (Å²) in [6.45, 7) is 3.62. The zero-order valence-electron chi connectivity index (χ0n) is 21.5. The highest BCUT2D eigenvalue weighted by Crippen LogP contribution is 2.30. The molecular weight excluding hydrogens is 503 g/mol. The summed E-state index contributed by atoms with van der Waals surface area (Å²) in [4.78, 5) is 33.6. The van der Waals surface area contributed by atoms with Crippen molar-refractivity contribution in [1.82, 2.24) is 19.8 Å². The first-order valence-corrected chi connectivity index (χ1v) is 12.7. The lowest BCUT2D eigenvalue weighted by atomic mass is 10.0. The van der Waals surface area contributed by atoms with Gasteiger partial charge >= 0.3 is 0 Å². The molecular formula is C29H29FN4O5. The maximum absolute atomic E-state index is 13.6. The largest absolute Gasteiger partial charge is 0.506 e. The van der Waals surface area contributed by atoms with Crippen LogP contribution in [0.3, 0.4) is 0 Å². The fourth-order valence-electron chi connectivity index (χ4n) is 4.61. The molecule has 10 heteroatoms. The SMILES string of the molecule is COc1ccc(-c2cnc3c(c2)c(O)c(C(=O)NCc2ccc(F)cc2)c(=O)n3CCN2CCOCC2)cc1. The number of nitrogens with one attached hydrogen (secondary N) is 1. The number of aromatic hydroxyl groups is 1. The number of hydrogen-bond donors (Lipinski definition) is 2. The highest BCUT2D eigenvalue weighted by molar-refractivity contribution is 6.02. The average Bonchev–Trinajstić information content (AvgIpc) is 2.97. The van der Waals surface area contributed by atoms with Crippen molar-refractivity contribution in [3.63, 3.8) is 0 Å². The number of aromatic nitrogens is 2. The number of carbonyl (C=O) groups excluding carboxylic acids is 1. The van der Waals surface area contributed by atoms with E-state index in [1.165, 1.54) is 16.7 Å². The van der Waals surface area contributed by atoms with E-state index in [1.54, 1.807) is 31.5 Å². The van der Waals surface area contributed by atoms with Crippen LogP contribution in [0, 0.1) is 5.82 Å². The second-order valence-electron chi connectivity index (χ2n) is 9.27. The molecule has 2 aromatic carbocycles. The van der Waals surface area contributed by atoms with Crippen molar-refractivity contribution in [2.24, 2.45) is 0 Å². The Balaban J connectivity index is 1.54. The molecule has 2 N–H and O–H groups in total. The fourth-order valence-corrected chi connectivity index (χ4v) is 4.61. The Bertz CT molecular complexity index is 1530. The van der Waals surface area contributed by atoms with Gasteiger partial charge in [0.1, 0.15) is 28.5 Å². The normalized spacial score (nSPS) is 13.9. The molecule has 0 bridgehead atoms. The average molecular weight is 533 g/mol. The molecule has 0 aliphatic carbocycles. The van der Waals surface area contributed by atoms with Crippen molar-refractivity contribution in [3.05, 3.63) is 88.1 Å². The Labute approximate surface area is 224 Å². The molecule has 9 nitrogen and oxygen atoms in total. The molecule has 1 fully saturated rings. The van der Waals surface area contributed by atoms with E-state index >= 15 is 0 Å². The molecule has 0 spiro atoms.